The average molecular weight is 290 g/mol. The van der Waals surface area contributed by atoms with Crippen LogP contribution in [0.25, 0.3) is 0 Å². The van der Waals surface area contributed by atoms with Gasteiger partial charge in [-0.2, -0.15) is 0 Å². The van der Waals surface area contributed by atoms with Crippen LogP contribution in [0, 0.1) is 6.92 Å². The fourth-order valence-corrected chi connectivity index (χ4v) is 1.79. The second-order valence-corrected chi connectivity index (χ2v) is 4.57. The molecular weight excluding hydrogens is 278 g/mol. The topological polar surface area (TPSA) is 85.1 Å². The third-order valence-electron chi connectivity index (χ3n) is 2.79. The van der Waals surface area contributed by atoms with Gasteiger partial charge in [0.25, 0.3) is 11.8 Å². The molecule has 0 saturated carbocycles. The first-order chi connectivity index (χ1) is 9.49. The van der Waals surface area contributed by atoms with Gasteiger partial charge in [0.1, 0.15) is 5.69 Å². The maximum Gasteiger partial charge on any atom is 0.267 e. The van der Waals surface area contributed by atoms with Gasteiger partial charge in [-0.1, -0.05) is 17.7 Å². The molecule has 5 nitrogen and oxygen atoms in total. The summed E-state index contributed by atoms with van der Waals surface area (Å²) in [5, 5.41) is 3.31. The largest absolute Gasteiger partial charge is 0.364 e. The number of rotatable bonds is 3. The van der Waals surface area contributed by atoms with Crippen molar-refractivity contribution >= 4 is 29.1 Å². The maximum atomic E-state index is 12.0. The molecule has 0 aliphatic carbocycles. The van der Waals surface area contributed by atoms with Gasteiger partial charge in [0.2, 0.25) is 0 Å². The van der Waals surface area contributed by atoms with Gasteiger partial charge in [-0.3, -0.25) is 14.6 Å². The third-order valence-corrected chi connectivity index (χ3v) is 3.20. The van der Waals surface area contributed by atoms with Crippen molar-refractivity contribution in [3.63, 3.8) is 0 Å². The van der Waals surface area contributed by atoms with Crippen LogP contribution >= 0.6 is 11.6 Å². The molecule has 0 atom stereocenters. The van der Waals surface area contributed by atoms with Gasteiger partial charge in [-0.15, -0.1) is 0 Å². The lowest BCUT2D eigenvalue weighted by Gasteiger charge is -2.09. The first-order valence-electron chi connectivity index (χ1n) is 5.81. The first kappa shape index (κ1) is 14.0. The van der Waals surface area contributed by atoms with Crippen molar-refractivity contribution in [2.75, 3.05) is 5.32 Å². The Bertz CT molecular complexity index is 669. The fourth-order valence-electron chi connectivity index (χ4n) is 1.61. The van der Waals surface area contributed by atoms with Crippen LogP contribution < -0.4 is 11.1 Å². The van der Waals surface area contributed by atoms with E-state index in [0.717, 1.165) is 5.56 Å². The molecule has 1 heterocycles. The second kappa shape index (κ2) is 5.71. The summed E-state index contributed by atoms with van der Waals surface area (Å²) >= 11 is 5.98. The summed E-state index contributed by atoms with van der Waals surface area (Å²) in [7, 11) is 0. The van der Waals surface area contributed by atoms with Crippen LogP contribution in [0.4, 0.5) is 5.69 Å². The highest BCUT2D eigenvalue weighted by atomic mass is 35.5. The molecule has 2 aromatic rings. The van der Waals surface area contributed by atoms with Crippen molar-refractivity contribution in [1.82, 2.24) is 4.98 Å². The van der Waals surface area contributed by atoms with Crippen LogP contribution in [0.15, 0.2) is 36.5 Å². The van der Waals surface area contributed by atoms with Gasteiger partial charge in [0, 0.05) is 16.9 Å². The van der Waals surface area contributed by atoms with Crippen LogP contribution in [-0.4, -0.2) is 16.8 Å². The number of primary amides is 1. The lowest BCUT2D eigenvalue weighted by Crippen LogP contribution is -2.16. The molecule has 0 saturated heterocycles. The van der Waals surface area contributed by atoms with E-state index in [0.29, 0.717) is 16.3 Å². The van der Waals surface area contributed by atoms with E-state index >= 15 is 0 Å². The van der Waals surface area contributed by atoms with Crippen LogP contribution in [0.2, 0.25) is 5.02 Å². The number of pyridine rings is 1. The summed E-state index contributed by atoms with van der Waals surface area (Å²) in [4.78, 5) is 26.8. The van der Waals surface area contributed by atoms with Crippen LogP contribution in [-0.2, 0) is 0 Å². The molecule has 0 radical (unpaired) electrons. The molecule has 0 aliphatic heterocycles. The van der Waals surface area contributed by atoms with Crippen molar-refractivity contribution in [3.05, 3.63) is 58.4 Å². The highest BCUT2D eigenvalue weighted by molar-refractivity contribution is 6.31. The Morgan fingerprint density at radius 1 is 1.25 bits per heavy atom. The highest BCUT2D eigenvalue weighted by Crippen LogP contribution is 2.23. The maximum absolute atomic E-state index is 12.0. The molecule has 0 fully saturated rings. The van der Waals surface area contributed by atoms with E-state index in [4.69, 9.17) is 17.3 Å². The number of carbonyl (C=O) groups is 2. The van der Waals surface area contributed by atoms with Gasteiger partial charge < -0.3 is 11.1 Å². The Labute approximate surface area is 120 Å². The molecule has 0 unspecified atom stereocenters. The SMILES string of the molecule is Cc1c(Cl)cccc1NC(=O)c1ccc(C(N)=O)nc1. The normalized spacial score (nSPS) is 10.1. The number of nitrogens with zero attached hydrogens (tertiary/aromatic N) is 1. The molecule has 0 bridgehead atoms. The Kier molecular flexibility index (Phi) is 4.00. The molecular formula is C14H12ClN3O2. The van der Waals surface area contributed by atoms with E-state index in [1.54, 1.807) is 18.2 Å². The number of anilines is 1. The standard InChI is InChI=1S/C14H12ClN3O2/c1-8-10(15)3-2-4-11(8)18-14(20)9-5-6-12(13(16)19)17-7-9/h2-7H,1H3,(H2,16,19)(H,18,20). The van der Waals surface area contributed by atoms with Gasteiger partial charge in [0.05, 0.1) is 5.56 Å². The Morgan fingerprint density at radius 3 is 2.60 bits per heavy atom. The number of benzene rings is 1. The average Bonchev–Trinajstić information content (AvgIpc) is 2.44. The molecule has 102 valence electrons. The molecule has 1 aromatic carbocycles. The van der Waals surface area contributed by atoms with Gasteiger partial charge in [0.15, 0.2) is 0 Å². The van der Waals surface area contributed by atoms with Crippen LogP contribution in [0.3, 0.4) is 0 Å². The minimum absolute atomic E-state index is 0.112. The number of hydrogen-bond donors (Lipinski definition) is 2. The number of carbonyl (C=O) groups excluding carboxylic acids is 2. The molecule has 2 rings (SSSR count). The number of halogens is 1. The molecule has 1 aromatic heterocycles. The van der Waals surface area contributed by atoms with Crippen molar-refractivity contribution < 1.29 is 9.59 Å². The summed E-state index contributed by atoms with van der Waals surface area (Å²) in [5.41, 5.74) is 6.93. The number of amides is 2. The smallest absolute Gasteiger partial charge is 0.267 e. The van der Waals surface area contributed by atoms with E-state index in [1.807, 2.05) is 6.92 Å². The third kappa shape index (κ3) is 2.95. The summed E-state index contributed by atoms with van der Waals surface area (Å²) in [6.45, 7) is 1.81. The minimum atomic E-state index is -0.636. The molecule has 20 heavy (non-hydrogen) atoms. The lowest BCUT2D eigenvalue weighted by molar-refractivity contribution is 0.0990. The number of nitrogens with one attached hydrogen (secondary N) is 1. The zero-order valence-electron chi connectivity index (χ0n) is 10.7. The predicted molar refractivity (Wildman–Crippen MR) is 76.9 cm³/mol. The van der Waals surface area contributed by atoms with E-state index < -0.39 is 5.91 Å². The van der Waals surface area contributed by atoms with Crippen LogP contribution in [0.5, 0.6) is 0 Å². The van der Waals surface area contributed by atoms with E-state index in [2.05, 4.69) is 10.3 Å². The molecule has 0 spiro atoms. The summed E-state index contributed by atoms with van der Waals surface area (Å²) < 4.78 is 0. The van der Waals surface area contributed by atoms with Crippen molar-refractivity contribution in [1.29, 1.82) is 0 Å². The van der Waals surface area contributed by atoms with Gasteiger partial charge in [-0.05, 0) is 36.8 Å². The zero-order chi connectivity index (χ0) is 14.7. The van der Waals surface area contributed by atoms with Gasteiger partial charge in [-0.25, -0.2) is 0 Å². The predicted octanol–water partition coefficient (Wildman–Crippen LogP) is 2.39. The Morgan fingerprint density at radius 2 is 2.00 bits per heavy atom. The lowest BCUT2D eigenvalue weighted by atomic mass is 10.2. The Hall–Kier alpha value is -2.40. The van der Waals surface area contributed by atoms with Gasteiger partial charge >= 0.3 is 0 Å². The van der Waals surface area contributed by atoms with Crippen molar-refractivity contribution in [2.24, 2.45) is 5.73 Å². The second-order valence-electron chi connectivity index (χ2n) is 4.16. The highest BCUT2D eigenvalue weighted by Gasteiger charge is 2.10. The molecule has 3 N–H and O–H groups in total. The number of hydrogen-bond acceptors (Lipinski definition) is 3. The molecule has 2 amide bonds. The van der Waals surface area contributed by atoms with Crippen molar-refractivity contribution in [2.45, 2.75) is 6.92 Å². The number of nitrogens with two attached hydrogens (primary N) is 1. The number of aromatic nitrogens is 1. The van der Waals surface area contributed by atoms with E-state index in [-0.39, 0.29) is 11.6 Å². The minimum Gasteiger partial charge on any atom is -0.364 e. The molecule has 0 aliphatic rings. The van der Waals surface area contributed by atoms with Crippen molar-refractivity contribution in [3.8, 4) is 0 Å². The zero-order valence-corrected chi connectivity index (χ0v) is 11.4. The Balaban J connectivity index is 2.20. The van der Waals surface area contributed by atoms with Crippen LogP contribution in [0.1, 0.15) is 26.4 Å². The fraction of sp³-hybridized carbons (Fsp3) is 0.0714. The van der Waals surface area contributed by atoms with E-state index in [1.165, 1.54) is 18.3 Å². The summed E-state index contributed by atoms with van der Waals surface area (Å²) in [5.74, 6) is -0.971. The monoisotopic (exact) mass is 289 g/mol. The quantitative estimate of drug-likeness (QED) is 0.910. The first-order valence-corrected chi connectivity index (χ1v) is 6.19. The molecule has 6 heteroatoms. The summed E-state index contributed by atoms with van der Waals surface area (Å²) in [6.07, 6.45) is 1.30. The summed E-state index contributed by atoms with van der Waals surface area (Å²) in [6, 6.07) is 8.14. The van der Waals surface area contributed by atoms with E-state index in [9.17, 15) is 9.59 Å².